The summed E-state index contributed by atoms with van der Waals surface area (Å²) in [7, 11) is 0. The molecule has 6 heteroatoms. The van der Waals surface area contributed by atoms with Gasteiger partial charge in [0.1, 0.15) is 6.54 Å². The molecule has 0 spiro atoms. The first kappa shape index (κ1) is 21.9. The summed E-state index contributed by atoms with van der Waals surface area (Å²) >= 11 is 0. The molecule has 0 aliphatic rings. The van der Waals surface area contributed by atoms with Gasteiger partial charge in [-0.1, -0.05) is 67.6 Å². The maximum atomic E-state index is 10.7. The molecule has 0 amide bonds. The summed E-state index contributed by atoms with van der Waals surface area (Å²) in [6.07, 6.45) is 0. The van der Waals surface area contributed by atoms with E-state index in [2.05, 4.69) is 10.6 Å². The van der Waals surface area contributed by atoms with E-state index in [1.807, 2.05) is 74.5 Å². The lowest BCUT2D eigenvalue weighted by molar-refractivity contribution is -0.136. The van der Waals surface area contributed by atoms with Crippen LogP contribution in [0.15, 0.2) is 66.4 Å². The number of likely N-dealkylation sites (N-methyl/N-ethyl adjacent to an activating group) is 1. The first-order chi connectivity index (χ1) is 13.0. The van der Waals surface area contributed by atoms with E-state index < -0.39 is 11.9 Å². The highest BCUT2D eigenvalue weighted by molar-refractivity contribution is 5.82. The van der Waals surface area contributed by atoms with Gasteiger partial charge in [-0.2, -0.15) is 0 Å². The van der Waals surface area contributed by atoms with Gasteiger partial charge in [-0.05, 0) is 24.6 Å². The third-order valence-electron chi connectivity index (χ3n) is 3.53. The molecular weight excluding hydrogens is 344 g/mol. The minimum absolute atomic E-state index is 0.0660. The largest absolute Gasteiger partial charge is 0.480 e. The zero-order valence-corrected chi connectivity index (χ0v) is 15.6. The van der Waals surface area contributed by atoms with Gasteiger partial charge in [0.15, 0.2) is 0 Å². The average molecular weight is 370 g/mol. The van der Waals surface area contributed by atoms with Crippen molar-refractivity contribution in [1.29, 1.82) is 0 Å². The van der Waals surface area contributed by atoms with E-state index in [1.165, 1.54) is 0 Å². The van der Waals surface area contributed by atoms with Gasteiger partial charge in [0, 0.05) is 11.3 Å². The predicted octanol–water partition coefficient (Wildman–Crippen LogP) is 2.82. The summed E-state index contributed by atoms with van der Waals surface area (Å²) in [5, 5.41) is 22.4. The van der Waals surface area contributed by atoms with Gasteiger partial charge >= 0.3 is 11.9 Å². The lowest BCUT2D eigenvalue weighted by Crippen LogP contribution is -2.21. The standard InChI is InChI=1S/C17H17NO2.C4H9NO2/c1-13(18-12-16(19)20)17(14-8-4-2-5-9-14)15-10-6-3-7-11-15;1-2-5-3-4(6)7/h2-11,18H,12H2,1H3,(H,19,20);5H,2-3H2,1H3,(H,6,7). The Morgan fingerprint density at radius 3 is 1.59 bits per heavy atom. The summed E-state index contributed by atoms with van der Waals surface area (Å²) in [6.45, 7) is 4.46. The van der Waals surface area contributed by atoms with Crippen LogP contribution in [0.4, 0.5) is 0 Å². The number of allylic oxidation sites excluding steroid dienone is 1. The highest BCUT2D eigenvalue weighted by Gasteiger charge is 2.09. The Morgan fingerprint density at radius 1 is 0.815 bits per heavy atom. The van der Waals surface area contributed by atoms with Crippen molar-refractivity contribution >= 4 is 17.5 Å². The second kappa shape index (κ2) is 12.3. The highest BCUT2D eigenvalue weighted by Crippen LogP contribution is 2.25. The van der Waals surface area contributed by atoms with Crippen molar-refractivity contribution in [2.45, 2.75) is 13.8 Å². The molecule has 2 rings (SSSR count). The van der Waals surface area contributed by atoms with E-state index in [0.717, 1.165) is 22.4 Å². The SMILES string of the molecule is CC(NCC(=O)O)=C(c1ccccc1)c1ccccc1.CCNCC(=O)O. The molecule has 2 aromatic rings. The Kier molecular flexibility index (Phi) is 9.96. The van der Waals surface area contributed by atoms with Crippen LogP contribution in [-0.2, 0) is 9.59 Å². The summed E-state index contributed by atoms with van der Waals surface area (Å²) < 4.78 is 0. The van der Waals surface area contributed by atoms with Crippen LogP contribution in [0.2, 0.25) is 0 Å². The van der Waals surface area contributed by atoms with Gasteiger partial charge in [-0.15, -0.1) is 0 Å². The molecule has 0 saturated carbocycles. The maximum Gasteiger partial charge on any atom is 0.322 e. The maximum absolute atomic E-state index is 10.7. The summed E-state index contributed by atoms with van der Waals surface area (Å²) in [6, 6.07) is 19.9. The number of carboxylic acids is 2. The van der Waals surface area contributed by atoms with E-state index in [-0.39, 0.29) is 13.1 Å². The smallest absolute Gasteiger partial charge is 0.322 e. The molecular formula is C21H26N2O4. The van der Waals surface area contributed by atoms with Gasteiger partial charge in [-0.25, -0.2) is 0 Å². The highest BCUT2D eigenvalue weighted by atomic mass is 16.4. The molecule has 0 unspecified atom stereocenters. The van der Waals surface area contributed by atoms with E-state index >= 15 is 0 Å². The number of carboxylic acid groups (broad SMARTS) is 2. The number of hydrogen-bond acceptors (Lipinski definition) is 4. The molecule has 2 aromatic carbocycles. The van der Waals surface area contributed by atoms with E-state index in [9.17, 15) is 9.59 Å². The molecule has 0 heterocycles. The zero-order chi connectivity index (χ0) is 20.1. The third-order valence-corrected chi connectivity index (χ3v) is 3.53. The van der Waals surface area contributed by atoms with Crippen molar-refractivity contribution in [3.63, 3.8) is 0 Å². The van der Waals surface area contributed by atoms with Crippen molar-refractivity contribution in [2.75, 3.05) is 19.6 Å². The molecule has 4 N–H and O–H groups in total. The summed E-state index contributed by atoms with van der Waals surface area (Å²) in [5.41, 5.74) is 4.00. The lowest BCUT2D eigenvalue weighted by Gasteiger charge is -2.14. The predicted molar refractivity (Wildman–Crippen MR) is 106 cm³/mol. The van der Waals surface area contributed by atoms with Crippen molar-refractivity contribution < 1.29 is 19.8 Å². The summed E-state index contributed by atoms with van der Waals surface area (Å²) in [5.74, 6) is -1.67. The van der Waals surface area contributed by atoms with Crippen molar-refractivity contribution in [1.82, 2.24) is 10.6 Å². The number of benzene rings is 2. The Balaban J connectivity index is 0.000000445. The molecule has 6 nitrogen and oxygen atoms in total. The van der Waals surface area contributed by atoms with Crippen LogP contribution >= 0.6 is 0 Å². The molecule has 144 valence electrons. The van der Waals surface area contributed by atoms with E-state index in [4.69, 9.17) is 10.2 Å². The Labute approximate surface area is 159 Å². The second-order valence-electron chi connectivity index (χ2n) is 5.65. The summed E-state index contributed by atoms with van der Waals surface area (Å²) in [4.78, 5) is 20.4. The quantitative estimate of drug-likeness (QED) is 0.570. The second-order valence-corrected chi connectivity index (χ2v) is 5.65. The molecule has 0 fully saturated rings. The van der Waals surface area contributed by atoms with Gasteiger partial charge in [0.2, 0.25) is 0 Å². The molecule has 0 bridgehead atoms. The van der Waals surface area contributed by atoms with Crippen LogP contribution in [0.5, 0.6) is 0 Å². The monoisotopic (exact) mass is 370 g/mol. The van der Waals surface area contributed by atoms with Crippen LogP contribution < -0.4 is 10.6 Å². The van der Waals surface area contributed by atoms with Gasteiger partial charge in [0.05, 0.1) is 6.54 Å². The lowest BCUT2D eigenvalue weighted by atomic mass is 9.96. The molecule has 0 aliphatic heterocycles. The zero-order valence-electron chi connectivity index (χ0n) is 15.6. The number of nitrogens with one attached hydrogen (secondary N) is 2. The van der Waals surface area contributed by atoms with Crippen LogP contribution in [0.3, 0.4) is 0 Å². The molecule has 0 aliphatic carbocycles. The number of aliphatic carboxylic acids is 2. The first-order valence-corrected chi connectivity index (χ1v) is 8.65. The fraction of sp³-hybridized carbons (Fsp3) is 0.238. The number of carbonyl (C=O) groups is 2. The Morgan fingerprint density at radius 2 is 1.26 bits per heavy atom. The fourth-order valence-electron chi connectivity index (χ4n) is 2.34. The molecule has 0 radical (unpaired) electrons. The van der Waals surface area contributed by atoms with Gasteiger partial charge in [-0.3, -0.25) is 9.59 Å². The number of hydrogen-bond donors (Lipinski definition) is 4. The third kappa shape index (κ3) is 8.69. The minimum atomic E-state index is -0.871. The van der Waals surface area contributed by atoms with Gasteiger partial charge < -0.3 is 20.8 Å². The molecule has 0 atom stereocenters. The average Bonchev–Trinajstić information content (AvgIpc) is 2.67. The van der Waals surface area contributed by atoms with Crippen LogP contribution in [0, 0.1) is 0 Å². The van der Waals surface area contributed by atoms with Crippen LogP contribution in [0.1, 0.15) is 25.0 Å². The first-order valence-electron chi connectivity index (χ1n) is 8.65. The number of rotatable bonds is 8. The molecule has 27 heavy (non-hydrogen) atoms. The van der Waals surface area contributed by atoms with E-state index in [1.54, 1.807) is 0 Å². The molecule has 0 aromatic heterocycles. The van der Waals surface area contributed by atoms with Crippen molar-refractivity contribution in [2.24, 2.45) is 0 Å². The molecule has 0 saturated heterocycles. The Bertz CT molecular complexity index is 702. The Hall–Kier alpha value is -3.12. The topological polar surface area (TPSA) is 98.7 Å². The van der Waals surface area contributed by atoms with Crippen LogP contribution in [-0.4, -0.2) is 41.8 Å². The van der Waals surface area contributed by atoms with Gasteiger partial charge in [0.25, 0.3) is 0 Å². The van der Waals surface area contributed by atoms with Crippen molar-refractivity contribution in [3.05, 3.63) is 77.5 Å². The van der Waals surface area contributed by atoms with Crippen molar-refractivity contribution in [3.8, 4) is 0 Å². The van der Waals surface area contributed by atoms with E-state index in [0.29, 0.717) is 6.54 Å². The van der Waals surface area contributed by atoms with Crippen LogP contribution in [0.25, 0.3) is 5.57 Å². The minimum Gasteiger partial charge on any atom is -0.480 e. The fourth-order valence-corrected chi connectivity index (χ4v) is 2.34. The normalized spacial score (nSPS) is 9.56.